The van der Waals surface area contributed by atoms with E-state index in [1.165, 1.54) is 0 Å². The van der Waals surface area contributed by atoms with Gasteiger partial charge in [0.1, 0.15) is 0 Å². The number of hydrogen-bond acceptors (Lipinski definition) is 2. The average Bonchev–Trinajstić information content (AvgIpc) is 1.87. The molecule has 0 rings (SSSR count). The zero-order chi connectivity index (χ0) is 7.82. The van der Waals surface area contributed by atoms with E-state index in [2.05, 4.69) is 12.2 Å². The van der Waals surface area contributed by atoms with Crippen molar-refractivity contribution in [2.24, 2.45) is 0 Å². The van der Waals surface area contributed by atoms with E-state index >= 15 is 0 Å². The lowest BCUT2D eigenvalue weighted by molar-refractivity contribution is -0.137. The standard InChI is InChI=1S/C7H12O2S/c8-7(9)5-3-1-2-4-6-10/h6H,1-5H2,(H,8,9). The summed E-state index contributed by atoms with van der Waals surface area (Å²) in [4.78, 5) is 10.0. The summed E-state index contributed by atoms with van der Waals surface area (Å²) in [6.45, 7) is 0. The summed E-state index contributed by atoms with van der Waals surface area (Å²) in [5.74, 6) is -0.706. The van der Waals surface area contributed by atoms with Crippen LogP contribution >= 0.6 is 12.2 Å². The van der Waals surface area contributed by atoms with Crippen LogP contribution in [0.15, 0.2) is 0 Å². The van der Waals surface area contributed by atoms with Gasteiger partial charge in [0.2, 0.25) is 0 Å². The highest BCUT2D eigenvalue weighted by Gasteiger charge is 1.94. The number of unbranched alkanes of at least 4 members (excludes halogenated alkanes) is 3. The molecule has 0 heterocycles. The second kappa shape index (κ2) is 6.68. The summed E-state index contributed by atoms with van der Waals surface area (Å²) in [6.07, 6.45) is 3.99. The zero-order valence-corrected chi connectivity index (χ0v) is 6.69. The number of hydrogen-bond donors (Lipinski definition) is 1. The van der Waals surface area contributed by atoms with Gasteiger partial charge in [-0.1, -0.05) is 18.6 Å². The molecular formula is C7H12O2S. The van der Waals surface area contributed by atoms with Crippen LogP contribution in [0.2, 0.25) is 0 Å². The van der Waals surface area contributed by atoms with E-state index < -0.39 is 5.97 Å². The van der Waals surface area contributed by atoms with Gasteiger partial charge in [-0.15, -0.1) is 0 Å². The minimum absolute atomic E-state index is 0.289. The quantitative estimate of drug-likeness (QED) is 0.477. The number of thiocarbonyl (C=S) groups is 1. The van der Waals surface area contributed by atoms with Gasteiger partial charge in [-0.2, -0.15) is 0 Å². The second-order valence-electron chi connectivity index (χ2n) is 2.16. The number of aliphatic carboxylic acids is 1. The van der Waals surface area contributed by atoms with Gasteiger partial charge in [0, 0.05) is 6.42 Å². The number of rotatable bonds is 6. The molecule has 0 fully saturated rings. The van der Waals surface area contributed by atoms with Crippen molar-refractivity contribution in [3.05, 3.63) is 0 Å². The molecule has 10 heavy (non-hydrogen) atoms. The van der Waals surface area contributed by atoms with E-state index in [1.807, 2.05) is 0 Å². The molecule has 0 saturated carbocycles. The van der Waals surface area contributed by atoms with E-state index in [4.69, 9.17) is 5.11 Å². The second-order valence-corrected chi connectivity index (χ2v) is 2.49. The van der Waals surface area contributed by atoms with E-state index in [0.29, 0.717) is 0 Å². The third-order valence-corrected chi connectivity index (χ3v) is 1.45. The maximum Gasteiger partial charge on any atom is 0.303 e. The Balaban J connectivity index is 2.90. The van der Waals surface area contributed by atoms with Crippen molar-refractivity contribution in [3.63, 3.8) is 0 Å². The van der Waals surface area contributed by atoms with Crippen LogP contribution in [-0.2, 0) is 4.79 Å². The molecule has 0 aliphatic heterocycles. The molecule has 0 amide bonds. The summed E-state index contributed by atoms with van der Waals surface area (Å²) in [5, 5.41) is 9.94. The van der Waals surface area contributed by atoms with Crippen LogP contribution in [0.25, 0.3) is 0 Å². The van der Waals surface area contributed by atoms with Crippen molar-refractivity contribution in [1.29, 1.82) is 0 Å². The van der Waals surface area contributed by atoms with E-state index in [-0.39, 0.29) is 6.42 Å². The van der Waals surface area contributed by atoms with Crippen LogP contribution in [0.5, 0.6) is 0 Å². The Morgan fingerprint density at radius 2 is 2.10 bits per heavy atom. The van der Waals surface area contributed by atoms with Crippen molar-refractivity contribution >= 4 is 23.6 Å². The summed E-state index contributed by atoms with van der Waals surface area (Å²) < 4.78 is 0. The fourth-order valence-electron chi connectivity index (χ4n) is 0.681. The first-order chi connectivity index (χ1) is 4.77. The molecule has 0 bridgehead atoms. The topological polar surface area (TPSA) is 37.3 Å². The first kappa shape index (κ1) is 9.56. The van der Waals surface area contributed by atoms with Gasteiger partial charge in [-0.3, -0.25) is 4.79 Å². The lowest BCUT2D eigenvalue weighted by atomic mass is 10.2. The van der Waals surface area contributed by atoms with Gasteiger partial charge in [0.15, 0.2) is 0 Å². The van der Waals surface area contributed by atoms with Gasteiger partial charge < -0.3 is 5.11 Å². The molecule has 0 atom stereocenters. The fourth-order valence-corrected chi connectivity index (χ4v) is 0.847. The van der Waals surface area contributed by atoms with Gasteiger partial charge in [0.25, 0.3) is 0 Å². The normalized spacial score (nSPS) is 9.20. The fraction of sp³-hybridized carbons (Fsp3) is 0.714. The highest BCUT2D eigenvalue weighted by atomic mass is 32.1. The smallest absolute Gasteiger partial charge is 0.303 e. The van der Waals surface area contributed by atoms with Crippen LogP contribution in [-0.4, -0.2) is 16.4 Å². The largest absolute Gasteiger partial charge is 0.481 e. The SMILES string of the molecule is O=C(O)CCCCCC=S. The molecule has 0 aromatic carbocycles. The van der Waals surface area contributed by atoms with Crippen LogP contribution in [0.3, 0.4) is 0 Å². The first-order valence-electron chi connectivity index (χ1n) is 3.43. The molecule has 0 aliphatic carbocycles. The van der Waals surface area contributed by atoms with Crippen LogP contribution < -0.4 is 0 Å². The molecule has 0 unspecified atom stereocenters. The highest BCUT2D eigenvalue weighted by molar-refractivity contribution is 7.78. The van der Waals surface area contributed by atoms with Crippen LogP contribution in [0, 0.1) is 0 Å². The summed E-state index contributed by atoms with van der Waals surface area (Å²) in [6, 6.07) is 0. The predicted molar refractivity (Wildman–Crippen MR) is 44.4 cm³/mol. The van der Waals surface area contributed by atoms with E-state index in [0.717, 1.165) is 25.7 Å². The molecule has 3 heteroatoms. The van der Waals surface area contributed by atoms with Crippen molar-refractivity contribution < 1.29 is 9.90 Å². The van der Waals surface area contributed by atoms with Gasteiger partial charge in [0.05, 0.1) is 0 Å². The molecule has 58 valence electrons. The van der Waals surface area contributed by atoms with Crippen molar-refractivity contribution in [2.45, 2.75) is 32.1 Å². The zero-order valence-electron chi connectivity index (χ0n) is 5.88. The van der Waals surface area contributed by atoms with Crippen LogP contribution in [0.1, 0.15) is 32.1 Å². The Kier molecular flexibility index (Phi) is 6.38. The molecule has 0 aliphatic rings. The van der Waals surface area contributed by atoms with Crippen molar-refractivity contribution in [1.82, 2.24) is 0 Å². The molecule has 0 spiro atoms. The molecule has 2 nitrogen and oxygen atoms in total. The minimum atomic E-state index is -0.706. The Hall–Kier alpha value is -0.440. The lowest BCUT2D eigenvalue weighted by Gasteiger charge is -1.93. The highest BCUT2D eigenvalue weighted by Crippen LogP contribution is 2.01. The average molecular weight is 160 g/mol. The van der Waals surface area contributed by atoms with Gasteiger partial charge >= 0.3 is 5.97 Å². The molecule has 0 radical (unpaired) electrons. The Morgan fingerprint density at radius 3 is 2.60 bits per heavy atom. The van der Waals surface area contributed by atoms with E-state index in [1.54, 1.807) is 5.37 Å². The Labute approximate surface area is 66.2 Å². The number of carbonyl (C=O) groups is 1. The lowest BCUT2D eigenvalue weighted by Crippen LogP contribution is -1.93. The third-order valence-electron chi connectivity index (χ3n) is 1.21. The maximum absolute atomic E-state index is 10.0. The monoisotopic (exact) mass is 160 g/mol. The van der Waals surface area contributed by atoms with Crippen LogP contribution in [0.4, 0.5) is 0 Å². The summed E-state index contributed by atoms with van der Waals surface area (Å²) >= 11 is 4.61. The molecule has 1 N–H and O–H groups in total. The van der Waals surface area contributed by atoms with Crippen molar-refractivity contribution in [3.8, 4) is 0 Å². The number of carboxylic acid groups (broad SMARTS) is 1. The molecule has 0 aromatic heterocycles. The molecular weight excluding hydrogens is 148 g/mol. The summed E-state index contributed by atoms with van der Waals surface area (Å²) in [7, 11) is 0. The molecule has 0 aromatic rings. The van der Waals surface area contributed by atoms with Crippen molar-refractivity contribution in [2.75, 3.05) is 0 Å². The van der Waals surface area contributed by atoms with Gasteiger partial charge in [-0.05, 0) is 24.6 Å². The number of carboxylic acids is 1. The Bertz CT molecular complexity index is 112. The molecule has 0 saturated heterocycles. The predicted octanol–water partition coefficient (Wildman–Crippen LogP) is 2.02. The first-order valence-corrected chi connectivity index (χ1v) is 3.90. The Morgan fingerprint density at radius 1 is 1.40 bits per heavy atom. The van der Waals surface area contributed by atoms with Gasteiger partial charge in [-0.25, -0.2) is 0 Å². The minimum Gasteiger partial charge on any atom is -0.481 e. The maximum atomic E-state index is 10.0. The third kappa shape index (κ3) is 7.56. The summed E-state index contributed by atoms with van der Waals surface area (Å²) in [5.41, 5.74) is 0. The van der Waals surface area contributed by atoms with E-state index in [9.17, 15) is 4.79 Å².